The van der Waals surface area contributed by atoms with Crippen LogP contribution >= 0.6 is 7.60 Å². The summed E-state index contributed by atoms with van der Waals surface area (Å²) in [6.45, 7) is 6.91. The van der Waals surface area contributed by atoms with Crippen LogP contribution in [0.5, 0.6) is 11.5 Å². The Bertz CT molecular complexity index is 704. The van der Waals surface area contributed by atoms with Gasteiger partial charge >= 0.3 is 13.6 Å². The van der Waals surface area contributed by atoms with Crippen LogP contribution in [-0.2, 0) is 14.1 Å². The summed E-state index contributed by atoms with van der Waals surface area (Å²) in [7, 11) is -3.59. The van der Waals surface area contributed by atoms with Gasteiger partial charge in [0, 0.05) is 6.54 Å². The van der Waals surface area contributed by atoms with E-state index in [4.69, 9.17) is 13.8 Å². The maximum atomic E-state index is 13.3. The molecule has 0 unspecified atom stereocenters. The lowest BCUT2D eigenvalue weighted by atomic mass is 10.3. The number of hydrogen-bond acceptors (Lipinski definition) is 6. The first-order chi connectivity index (χ1) is 13.5. The zero-order valence-electron chi connectivity index (χ0n) is 16.5. The molecule has 0 bridgehead atoms. The van der Waals surface area contributed by atoms with Gasteiger partial charge in [0.25, 0.3) is 0 Å². The molecular formula is C21H28NO5P. The summed E-state index contributed by atoms with van der Waals surface area (Å²) in [5, 5.41) is 0. The van der Waals surface area contributed by atoms with Gasteiger partial charge in [0.2, 0.25) is 0 Å². The molecular weight excluding hydrogens is 377 g/mol. The van der Waals surface area contributed by atoms with E-state index in [2.05, 4.69) is 18.7 Å². The molecule has 0 saturated carbocycles. The molecule has 2 rings (SSSR count). The highest BCUT2D eigenvalue weighted by Gasteiger charge is 2.29. The van der Waals surface area contributed by atoms with Crippen LogP contribution < -0.4 is 9.05 Å². The smallest absolute Gasteiger partial charge is 0.431 e. The van der Waals surface area contributed by atoms with E-state index in [9.17, 15) is 9.36 Å². The van der Waals surface area contributed by atoms with E-state index in [1.54, 1.807) is 48.5 Å². The Morgan fingerprint density at radius 2 is 1.39 bits per heavy atom. The fourth-order valence-corrected chi connectivity index (χ4v) is 4.08. The maximum Gasteiger partial charge on any atom is 0.431 e. The van der Waals surface area contributed by atoms with Crippen LogP contribution in [0.25, 0.3) is 0 Å². The van der Waals surface area contributed by atoms with E-state index in [1.165, 1.54) is 0 Å². The number of rotatable bonds is 12. The minimum atomic E-state index is -3.59. The molecule has 6 nitrogen and oxygen atoms in total. The van der Waals surface area contributed by atoms with E-state index in [0.29, 0.717) is 24.7 Å². The fourth-order valence-electron chi connectivity index (χ4n) is 2.52. The molecule has 152 valence electrons. The molecule has 0 radical (unpaired) electrons. The second kappa shape index (κ2) is 11.5. The highest BCUT2D eigenvalue weighted by molar-refractivity contribution is 7.54. The number of para-hydroxylation sites is 2. The van der Waals surface area contributed by atoms with Gasteiger partial charge in [-0.25, -0.2) is 4.57 Å². The van der Waals surface area contributed by atoms with Gasteiger partial charge in [-0.05, 0) is 37.4 Å². The van der Waals surface area contributed by atoms with Crippen LogP contribution in [0.4, 0.5) is 0 Å². The van der Waals surface area contributed by atoms with Crippen molar-refractivity contribution in [1.29, 1.82) is 0 Å². The van der Waals surface area contributed by atoms with Gasteiger partial charge in [-0.2, -0.15) is 0 Å². The maximum absolute atomic E-state index is 13.3. The molecule has 0 heterocycles. The molecule has 0 spiro atoms. The number of esters is 1. The number of carbonyl (C=O) groups excluding carboxylic acids is 1. The van der Waals surface area contributed by atoms with Crippen LogP contribution in [-0.4, -0.2) is 43.3 Å². The fraction of sp³-hybridized carbons (Fsp3) is 0.381. The molecule has 28 heavy (non-hydrogen) atoms. The number of nitrogens with zero attached hydrogens (tertiary/aromatic N) is 1. The molecule has 7 heteroatoms. The van der Waals surface area contributed by atoms with Crippen LogP contribution in [0.15, 0.2) is 60.7 Å². The monoisotopic (exact) mass is 405 g/mol. The van der Waals surface area contributed by atoms with E-state index in [0.717, 1.165) is 13.1 Å². The number of benzene rings is 2. The number of likely N-dealkylation sites (N-methyl/N-ethyl adjacent to an activating group) is 1. The normalized spacial score (nSPS) is 11.2. The predicted octanol–water partition coefficient (Wildman–Crippen LogP) is 4.61. The van der Waals surface area contributed by atoms with Crippen molar-refractivity contribution in [3.8, 4) is 11.5 Å². The van der Waals surface area contributed by atoms with Gasteiger partial charge < -0.3 is 18.7 Å². The third-order valence-electron chi connectivity index (χ3n) is 4.13. The van der Waals surface area contributed by atoms with Crippen molar-refractivity contribution in [2.24, 2.45) is 0 Å². The Morgan fingerprint density at radius 3 is 1.86 bits per heavy atom. The number of hydrogen-bond donors (Lipinski definition) is 0. The quantitative estimate of drug-likeness (QED) is 0.379. The Labute approximate surface area is 166 Å². The van der Waals surface area contributed by atoms with E-state index in [1.807, 2.05) is 12.1 Å². The summed E-state index contributed by atoms with van der Waals surface area (Å²) in [5.41, 5.74) is 0. The van der Waals surface area contributed by atoms with Crippen molar-refractivity contribution in [3.63, 3.8) is 0 Å². The zero-order valence-corrected chi connectivity index (χ0v) is 17.3. The van der Waals surface area contributed by atoms with Crippen LogP contribution in [0.3, 0.4) is 0 Å². The summed E-state index contributed by atoms with van der Waals surface area (Å²) >= 11 is 0. The van der Waals surface area contributed by atoms with E-state index >= 15 is 0 Å². The van der Waals surface area contributed by atoms with Crippen LogP contribution in [0.2, 0.25) is 0 Å². The average molecular weight is 405 g/mol. The lowest BCUT2D eigenvalue weighted by Gasteiger charge is -2.20. The van der Waals surface area contributed by atoms with Crippen LogP contribution in [0, 0.1) is 0 Å². The Kier molecular flexibility index (Phi) is 9.05. The van der Waals surface area contributed by atoms with Crippen molar-refractivity contribution in [2.45, 2.75) is 20.3 Å². The molecule has 0 aromatic heterocycles. The predicted molar refractivity (Wildman–Crippen MR) is 110 cm³/mol. The first-order valence-electron chi connectivity index (χ1n) is 9.51. The molecule has 0 amide bonds. The van der Waals surface area contributed by atoms with Crippen LogP contribution in [0.1, 0.15) is 20.3 Å². The Balaban J connectivity index is 1.95. The summed E-state index contributed by atoms with van der Waals surface area (Å²) < 4.78 is 29.8. The zero-order chi connectivity index (χ0) is 20.2. The van der Waals surface area contributed by atoms with Gasteiger partial charge in [0.15, 0.2) is 0 Å². The SMILES string of the molecule is CCN(CC)CCOC(=O)CCP(=O)(Oc1ccccc1)Oc1ccccc1. The van der Waals surface area contributed by atoms with Crippen molar-refractivity contribution in [1.82, 2.24) is 4.90 Å². The number of carbonyl (C=O) groups is 1. The molecule has 0 aliphatic carbocycles. The average Bonchev–Trinajstić information content (AvgIpc) is 2.71. The number of ether oxygens (including phenoxy) is 1. The van der Waals surface area contributed by atoms with E-state index in [-0.39, 0.29) is 12.6 Å². The van der Waals surface area contributed by atoms with Gasteiger partial charge in [-0.3, -0.25) is 4.79 Å². The van der Waals surface area contributed by atoms with Gasteiger partial charge in [0.1, 0.15) is 18.1 Å². The third kappa shape index (κ3) is 7.75. The summed E-state index contributed by atoms with van der Waals surface area (Å²) in [6, 6.07) is 17.6. The van der Waals surface area contributed by atoms with Crippen molar-refractivity contribution in [2.75, 3.05) is 32.4 Å². The van der Waals surface area contributed by atoms with Gasteiger partial charge in [-0.1, -0.05) is 50.2 Å². The van der Waals surface area contributed by atoms with Crippen molar-refractivity contribution in [3.05, 3.63) is 60.7 Å². The summed E-state index contributed by atoms with van der Waals surface area (Å²) in [6.07, 6.45) is -0.115. The summed E-state index contributed by atoms with van der Waals surface area (Å²) in [4.78, 5) is 14.2. The molecule has 0 fully saturated rings. The molecule has 2 aromatic rings. The topological polar surface area (TPSA) is 65.1 Å². The first-order valence-corrected chi connectivity index (χ1v) is 11.2. The van der Waals surface area contributed by atoms with E-state index < -0.39 is 13.6 Å². The first kappa shape index (κ1) is 22.0. The lowest BCUT2D eigenvalue weighted by Crippen LogP contribution is -2.28. The standard InChI is InChI=1S/C21H28NO5P/c1-3-22(4-2)16-17-25-21(23)15-18-28(24,26-19-11-7-5-8-12-19)27-20-13-9-6-10-14-20/h5-14H,3-4,15-18H2,1-2H3. The molecule has 0 saturated heterocycles. The van der Waals surface area contributed by atoms with Gasteiger partial charge in [0.05, 0.1) is 12.6 Å². The minimum Gasteiger partial charge on any atom is -0.464 e. The van der Waals surface area contributed by atoms with Crippen molar-refractivity contribution < 1.29 is 23.1 Å². The molecule has 0 aliphatic rings. The highest BCUT2D eigenvalue weighted by Crippen LogP contribution is 2.48. The van der Waals surface area contributed by atoms with Crippen molar-refractivity contribution >= 4 is 13.6 Å². The second-order valence-corrected chi connectivity index (χ2v) is 8.17. The Morgan fingerprint density at radius 1 is 0.893 bits per heavy atom. The second-order valence-electron chi connectivity index (χ2n) is 6.14. The lowest BCUT2D eigenvalue weighted by molar-refractivity contribution is -0.143. The summed E-state index contributed by atoms with van der Waals surface area (Å²) in [5.74, 6) is 0.439. The molecule has 2 aromatic carbocycles. The molecule has 0 atom stereocenters. The largest absolute Gasteiger partial charge is 0.464 e. The highest BCUT2D eigenvalue weighted by atomic mass is 31.2. The Hall–Kier alpha value is -2.30. The van der Waals surface area contributed by atoms with Gasteiger partial charge in [-0.15, -0.1) is 0 Å². The third-order valence-corrected chi connectivity index (χ3v) is 5.88. The molecule has 0 N–H and O–H groups in total. The minimum absolute atomic E-state index is 0.0464. The molecule has 0 aliphatic heterocycles.